The Balaban J connectivity index is 5.19. The molecule has 0 heteroatoms. The van der Waals surface area contributed by atoms with Crippen LogP contribution in [0.1, 0.15) is 0 Å². The summed E-state index contributed by atoms with van der Waals surface area (Å²) < 4.78 is 0. The summed E-state index contributed by atoms with van der Waals surface area (Å²) in [5, 5.41) is 0. The third kappa shape index (κ3) is 6.20. The summed E-state index contributed by atoms with van der Waals surface area (Å²) in [5.74, 6) is 0. The van der Waals surface area contributed by atoms with Gasteiger partial charge in [-0.05, 0) is 41.8 Å². The molecule has 9 heavy (non-hydrogen) atoms. The molecule has 0 rings (SSSR count). The molecule has 0 saturated carbocycles. The van der Waals surface area contributed by atoms with Gasteiger partial charge in [0, 0.05) is 0 Å². The highest BCUT2D eigenvalue weighted by Crippen LogP contribution is 1.51. The normalized spacial score (nSPS) is 3.56. The van der Waals surface area contributed by atoms with Gasteiger partial charge in [0.2, 0.25) is 0 Å². The molecular weight excluding hydrogens is 108 g/mol. The predicted octanol–water partition coefficient (Wildman–Crippen LogP) is 1.89. The lowest BCUT2D eigenvalue weighted by atomic mass is 10.7. The maximum Gasteiger partial charge on any atom is -0.0000448 e. The third-order valence-electron chi connectivity index (χ3n) is 0.427. The highest BCUT2D eigenvalue weighted by Gasteiger charge is 1.34. The van der Waals surface area contributed by atoms with E-state index < -0.39 is 0 Å². The van der Waals surface area contributed by atoms with Gasteiger partial charge in [-0.15, -0.1) is 0 Å². The molecule has 40 valence electrons. The van der Waals surface area contributed by atoms with Crippen molar-refractivity contribution in [3.8, 4) is 0 Å². The van der Waals surface area contributed by atoms with Crippen molar-refractivity contribution in [3.05, 3.63) is 53.3 Å². The molecule has 0 aromatic rings. The van der Waals surface area contributed by atoms with E-state index >= 15 is 0 Å². The number of hydrogen-bond acceptors (Lipinski definition) is 0. The van der Waals surface area contributed by atoms with Gasteiger partial charge >= 0.3 is 0 Å². The minimum Gasteiger partial charge on any atom is -0.0687 e. The largest absolute Gasteiger partial charge is 0.0687 e. The van der Waals surface area contributed by atoms with Crippen LogP contribution in [0.3, 0.4) is 0 Å². The molecule has 0 amide bonds. The van der Waals surface area contributed by atoms with E-state index in [1.165, 1.54) is 0 Å². The fourth-order valence-electron chi connectivity index (χ4n) is 0.182. The van der Waals surface area contributed by atoms with Gasteiger partial charge in [-0.25, -0.2) is 0 Å². The van der Waals surface area contributed by atoms with Crippen molar-refractivity contribution in [2.45, 2.75) is 0 Å². The molecule has 0 nitrogen and oxygen atoms in total. The minimum absolute atomic E-state index is 2.37. The first kappa shape index (κ1) is 7.20. The van der Waals surface area contributed by atoms with Crippen molar-refractivity contribution in [3.63, 3.8) is 0 Å². The molecule has 0 bridgehead atoms. The Labute approximate surface area is 54.1 Å². The second kappa shape index (κ2) is 6.20. The van der Waals surface area contributed by atoms with E-state index in [9.17, 15) is 0 Å². The van der Waals surface area contributed by atoms with Gasteiger partial charge in [0.1, 0.15) is 0 Å². The maximum absolute atomic E-state index is 3.26. The van der Waals surface area contributed by atoms with Crippen LogP contribution >= 0.6 is 0 Å². The predicted molar refractivity (Wildman–Crippen MR) is 35.8 cm³/mol. The van der Waals surface area contributed by atoms with Crippen molar-refractivity contribution < 1.29 is 0 Å². The van der Waals surface area contributed by atoms with Crippen LogP contribution in [-0.4, -0.2) is 0 Å². The Hall–Kier alpha value is -1.80. The fourth-order valence-corrected chi connectivity index (χ4v) is 0.182. The molecule has 0 atom stereocenters. The molecule has 0 fully saturated rings. The molecule has 0 spiro atoms. The van der Waals surface area contributed by atoms with E-state index in [0.717, 1.165) is 0 Å². The summed E-state index contributed by atoms with van der Waals surface area (Å²) in [4.78, 5) is 0. The van der Waals surface area contributed by atoms with Crippen LogP contribution < -0.4 is 0 Å². The molecule has 0 N–H and O–H groups in total. The highest BCUT2D eigenvalue weighted by molar-refractivity contribution is 4.86. The molecule has 0 aromatic carbocycles. The Morgan fingerprint density at radius 2 is 0.889 bits per heavy atom. The van der Waals surface area contributed by atoms with Gasteiger partial charge in [0.15, 0.2) is 0 Å². The molecule has 0 heterocycles. The van der Waals surface area contributed by atoms with E-state index in [1.54, 1.807) is 0 Å². The zero-order valence-electron chi connectivity index (χ0n) is 4.91. The van der Waals surface area contributed by atoms with E-state index in [1.807, 2.05) is 0 Å². The third-order valence-corrected chi connectivity index (χ3v) is 0.427. The van der Waals surface area contributed by atoms with Crippen molar-refractivity contribution in [2.24, 2.45) is 0 Å². The van der Waals surface area contributed by atoms with Gasteiger partial charge < -0.3 is 0 Å². The topological polar surface area (TPSA) is 0 Å². The van der Waals surface area contributed by atoms with Crippen LogP contribution in [0, 0.1) is 0 Å². The van der Waals surface area contributed by atoms with Crippen molar-refractivity contribution in [1.82, 2.24) is 0 Å². The number of hydrogen-bond donors (Lipinski definition) is 0. The van der Waals surface area contributed by atoms with Crippen LogP contribution in [0.15, 0.2) is 53.3 Å². The van der Waals surface area contributed by atoms with Crippen LogP contribution in [-0.2, 0) is 0 Å². The summed E-state index contributed by atoms with van der Waals surface area (Å²) in [7, 11) is 0. The molecule has 0 radical (unpaired) electrons. The standard InChI is InChI=1S/C9H4/c1-3-5-7-9-8-6-4-2/h1-2H2. The first-order valence-electron chi connectivity index (χ1n) is 2.21. The van der Waals surface area contributed by atoms with Crippen LogP contribution in [0.4, 0.5) is 0 Å². The lowest BCUT2D eigenvalue weighted by Crippen LogP contribution is -1.19. The van der Waals surface area contributed by atoms with E-state index in [2.05, 4.69) is 53.3 Å². The summed E-state index contributed by atoms with van der Waals surface area (Å²) in [6, 6.07) is 0. The lowest BCUT2D eigenvalue weighted by Gasteiger charge is -1.36. The second-order valence-electron chi connectivity index (χ2n) is 0.979. The summed E-state index contributed by atoms with van der Waals surface area (Å²) in [6.07, 6.45) is 0. The summed E-state index contributed by atoms with van der Waals surface area (Å²) >= 11 is 0. The Morgan fingerprint density at radius 3 is 1.22 bits per heavy atom. The van der Waals surface area contributed by atoms with Crippen LogP contribution in [0.25, 0.3) is 0 Å². The van der Waals surface area contributed by atoms with E-state index in [0.29, 0.717) is 0 Å². The number of rotatable bonds is 0. The monoisotopic (exact) mass is 112 g/mol. The fraction of sp³-hybridized carbons (Fsp3) is 0. The second-order valence-corrected chi connectivity index (χ2v) is 0.979. The quantitative estimate of drug-likeness (QED) is 0.420. The summed E-state index contributed by atoms with van der Waals surface area (Å²) in [5.41, 5.74) is 17.0. The van der Waals surface area contributed by atoms with E-state index in [-0.39, 0.29) is 0 Å². The highest BCUT2D eigenvalue weighted by atomic mass is 13.4. The van der Waals surface area contributed by atoms with Gasteiger partial charge in [0.25, 0.3) is 0 Å². The minimum atomic E-state index is 2.37. The van der Waals surface area contributed by atoms with Crippen molar-refractivity contribution in [2.75, 3.05) is 0 Å². The zero-order valence-corrected chi connectivity index (χ0v) is 4.91. The Morgan fingerprint density at radius 1 is 0.556 bits per heavy atom. The average Bonchev–Trinajstić information content (AvgIpc) is 1.89. The molecule has 0 aromatic heterocycles. The molecular formula is C9H4. The SMILES string of the molecule is C=C=C=C=C=C=C=C=C. The first-order chi connectivity index (χ1) is 4.41. The average molecular weight is 112 g/mol. The molecule has 0 aliphatic carbocycles. The van der Waals surface area contributed by atoms with Crippen molar-refractivity contribution >= 4 is 0 Å². The van der Waals surface area contributed by atoms with Gasteiger partial charge in [-0.3, -0.25) is 0 Å². The van der Waals surface area contributed by atoms with Crippen LogP contribution in [0.2, 0.25) is 0 Å². The van der Waals surface area contributed by atoms with Crippen molar-refractivity contribution in [1.29, 1.82) is 0 Å². The Bertz CT molecular complexity index is 284. The van der Waals surface area contributed by atoms with Gasteiger partial charge in [-0.2, -0.15) is 0 Å². The van der Waals surface area contributed by atoms with Crippen LogP contribution in [0.5, 0.6) is 0 Å². The molecule has 0 aliphatic rings. The summed E-state index contributed by atoms with van der Waals surface area (Å²) in [6.45, 7) is 6.53. The van der Waals surface area contributed by atoms with Gasteiger partial charge in [-0.1, -0.05) is 11.5 Å². The molecule has 0 unspecified atom stereocenters. The first-order valence-corrected chi connectivity index (χ1v) is 2.21. The molecule has 0 saturated heterocycles. The van der Waals surface area contributed by atoms with E-state index in [4.69, 9.17) is 0 Å². The molecule has 0 aliphatic heterocycles. The Kier molecular flexibility index (Phi) is 4.96. The lowest BCUT2D eigenvalue weighted by molar-refractivity contribution is 2.17. The zero-order chi connectivity index (χ0) is 6.95. The smallest absolute Gasteiger partial charge is 0.0000448 e. The van der Waals surface area contributed by atoms with Gasteiger partial charge in [0.05, 0.1) is 0 Å². The maximum atomic E-state index is 3.26.